The number of cyclic esters (lactones) is 1. The summed E-state index contributed by atoms with van der Waals surface area (Å²) < 4.78 is 5.68. The van der Waals surface area contributed by atoms with Gasteiger partial charge in [-0.15, -0.1) is 0 Å². The number of carbonyl (C=O) groups excluding carboxylic acids is 12. The van der Waals surface area contributed by atoms with Crippen molar-refractivity contribution in [2.45, 2.75) is 272 Å². The summed E-state index contributed by atoms with van der Waals surface area (Å²) in [5.41, 5.74) is 0. The molecular formula is C64H111N11O20. The minimum Gasteiger partial charge on any atom is -0.481 e. The molecule has 1 fully saturated rings. The van der Waals surface area contributed by atoms with Crippen molar-refractivity contribution in [2.24, 2.45) is 35.5 Å². The van der Waals surface area contributed by atoms with Crippen LogP contribution in [0.4, 0.5) is 0 Å². The van der Waals surface area contributed by atoms with Crippen molar-refractivity contribution < 1.29 is 97.4 Å². The predicted molar refractivity (Wildman–Crippen MR) is 346 cm³/mol. The summed E-state index contributed by atoms with van der Waals surface area (Å²) in [6.45, 7) is 21.1. The van der Waals surface area contributed by atoms with Crippen molar-refractivity contribution >= 4 is 82.9 Å². The predicted octanol–water partition coefficient (Wildman–Crippen LogP) is -0.413. The standard InChI is InChI=1S/C64H111N11O20/c1-15-17-18-19-20-21-39(78)27-49(79)65-40(22-32(3)4)54(84)69-45(28-50(80)81)59(89)75-53-38(14)95-64(94)46(29-51(82)83)71-62(92)52(37(13)16-2)74-58(88)44(26-36(11)12)68-61(91)48(31-77)73-57(87)42(24-34(7)8)67-60(90)47(30-76)72-56(86)41(23-33(5)6)66-55(85)43(25-35(9)10)70-63(53)93/h32-48,52-53,76-78H,15-31H2,1-14H3,(H,65,79)(H,66,85)(H,67,90)(H,68,91)(H,69,84)(H,70,93)(H,71,92)(H,72,86)(H,73,87)(H,74,88)(H,75,89)(H,80,81)(H,82,83)/t37-,38+,39+,40+,41+,42?,43?,44?,45+,46?,47?,48+,52-,53?/m0/s1. The summed E-state index contributed by atoms with van der Waals surface area (Å²) in [5.74, 6) is -19.2. The Kier molecular flexibility index (Phi) is 39.2. The summed E-state index contributed by atoms with van der Waals surface area (Å²) in [5, 5.41) is 78.6. The van der Waals surface area contributed by atoms with E-state index in [0.717, 1.165) is 32.6 Å². The van der Waals surface area contributed by atoms with E-state index in [1.54, 1.807) is 76.2 Å². The van der Waals surface area contributed by atoms with Crippen LogP contribution < -0.4 is 58.5 Å². The number of amides is 11. The van der Waals surface area contributed by atoms with E-state index in [9.17, 15) is 92.7 Å². The molecular weight excluding hydrogens is 1240 g/mol. The van der Waals surface area contributed by atoms with Crippen molar-refractivity contribution in [3.05, 3.63) is 0 Å². The molecule has 1 rings (SSSR count). The van der Waals surface area contributed by atoms with Crippen LogP contribution in [-0.2, 0) is 71.9 Å². The molecule has 0 bridgehead atoms. The molecule has 31 nitrogen and oxygen atoms in total. The van der Waals surface area contributed by atoms with E-state index in [2.05, 4.69) is 65.4 Å². The molecule has 95 heavy (non-hydrogen) atoms. The maximum Gasteiger partial charge on any atom is 0.329 e. The molecule has 1 saturated heterocycles. The van der Waals surface area contributed by atoms with Gasteiger partial charge in [0, 0.05) is 0 Å². The highest BCUT2D eigenvalue weighted by atomic mass is 16.5. The first kappa shape index (κ1) is 85.5. The number of esters is 1. The fourth-order valence-electron chi connectivity index (χ4n) is 10.3. The summed E-state index contributed by atoms with van der Waals surface area (Å²) >= 11 is 0. The summed E-state index contributed by atoms with van der Waals surface area (Å²) in [7, 11) is 0. The van der Waals surface area contributed by atoms with Gasteiger partial charge in [-0.1, -0.05) is 129 Å². The zero-order valence-electron chi connectivity index (χ0n) is 57.9. The lowest BCUT2D eigenvalue weighted by atomic mass is 9.96. The number of aliphatic hydroxyl groups is 3. The molecule has 0 aromatic heterocycles. The molecule has 0 aromatic carbocycles. The summed E-state index contributed by atoms with van der Waals surface area (Å²) in [6.07, 6.45) is -1.39. The van der Waals surface area contributed by atoms with Crippen LogP contribution >= 0.6 is 0 Å². The molecule has 6 unspecified atom stereocenters. The van der Waals surface area contributed by atoms with Crippen LogP contribution in [0.5, 0.6) is 0 Å². The first-order chi connectivity index (χ1) is 44.4. The average Bonchev–Trinajstić information content (AvgIpc) is 0.928. The van der Waals surface area contributed by atoms with Crippen LogP contribution in [0, 0.1) is 35.5 Å². The highest BCUT2D eigenvalue weighted by molar-refractivity contribution is 6.00. The molecule has 0 spiro atoms. The first-order valence-corrected chi connectivity index (χ1v) is 33.2. The minimum absolute atomic E-state index is 0.0411. The zero-order chi connectivity index (χ0) is 72.6. The summed E-state index contributed by atoms with van der Waals surface area (Å²) in [6, 6.07) is -19.0. The van der Waals surface area contributed by atoms with Gasteiger partial charge in [-0.3, -0.25) is 62.3 Å². The quantitative estimate of drug-likeness (QED) is 0.0310. The Morgan fingerprint density at radius 2 is 0.884 bits per heavy atom. The lowest BCUT2D eigenvalue weighted by molar-refractivity contribution is -0.158. The van der Waals surface area contributed by atoms with Gasteiger partial charge in [0.05, 0.1) is 38.6 Å². The van der Waals surface area contributed by atoms with Gasteiger partial charge < -0.3 is 88.8 Å². The second kappa shape index (κ2) is 43.5. The Morgan fingerprint density at radius 1 is 0.474 bits per heavy atom. The lowest BCUT2D eigenvalue weighted by Crippen LogP contribution is -2.63. The number of rotatable bonds is 31. The van der Waals surface area contributed by atoms with E-state index in [-0.39, 0.29) is 68.6 Å². The van der Waals surface area contributed by atoms with Crippen LogP contribution in [0.2, 0.25) is 0 Å². The third-order valence-corrected chi connectivity index (χ3v) is 15.5. The molecule has 1 aliphatic heterocycles. The maximum atomic E-state index is 14.9. The van der Waals surface area contributed by atoms with Gasteiger partial charge in [0.15, 0.2) is 0 Å². The number of unbranched alkanes of at least 4 members (excludes halogenated alkanes) is 4. The van der Waals surface area contributed by atoms with E-state index < -0.39 is 199 Å². The number of aliphatic hydroxyl groups excluding tert-OH is 3. The van der Waals surface area contributed by atoms with E-state index in [1.165, 1.54) is 6.92 Å². The smallest absolute Gasteiger partial charge is 0.329 e. The number of carboxylic acid groups (broad SMARTS) is 2. The van der Waals surface area contributed by atoms with Crippen molar-refractivity contribution in [3.8, 4) is 0 Å². The molecule has 542 valence electrons. The largest absolute Gasteiger partial charge is 0.481 e. The van der Waals surface area contributed by atoms with Gasteiger partial charge in [-0.25, -0.2) is 4.79 Å². The Morgan fingerprint density at radius 3 is 1.28 bits per heavy atom. The van der Waals surface area contributed by atoms with Crippen LogP contribution in [0.3, 0.4) is 0 Å². The molecule has 1 aliphatic rings. The first-order valence-electron chi connectivity index (χ1n) is 33.2. The number of nitrogens with one attached hydrogen (secondary N) is 11. The number of aliphatic carboxylic acids is 2. The molecule has 14 atom stereocenters. The number of hydrogen-bond donors (Lipinski definition) is 16. The number of ether oxygens (including phenoxy) is 1. The molecule has 11 amide bonds. The Bertz CT molecular complexity index is 2570. The van der Waals surface area contributed by atoms with Gasteiger partial charge in [-0.2, -0.15) is 0 Å². The van der Waals surface area contributed by atoms with E-state index >= 15 is 0 Å². The van der Waals surface area contributed by atoms with Gasteiger partial charge in [0.2, 0.25) is 65.0 Å². The van der Waals surface area contributed by atoms with Crippen molar-refractivity contribution in [2.75, 3.05) is 13.2 Å². The van der Waals surface area contributed by atoms with Crippen molar-refractivity contribution in [3.63, 3.8) is 0 Å². The molecule has 16 N–H and O–H groups in total. The monoisotopic (exact) mass is 1350 g/mol. The second-order valence-electron chi connectivity index (χ2n) is 26.9. The van der Waals surface area contributed by atoms with E-state index in [4.69, 9.17) is 4.74 Å². The maximum absolute atomic E-state index is 14.9. The molecule has 0 aliphatic carbocycles. The summed E-state index contributed by atoms with van der Waals surface area (Å²) in [4.78, 5) is 195. The molecule has 0 aromatic rings. The van der Waals surface area contributed by atoms with E-state index in [0.29, 0.717) is 12.8 Å². The number of carboxylic acids is 2. The fraction of sp³-hybridized carbons (Fsp3) is 0.781. The zero-order valence-corrected chi connectivity index (χ0v) is 57.9. The third-order valence-electron chi connectivity index (χ3n) is 15.5. The van der Waals surface area contributed by atoms with Crippen LogP contribution in [0.1, 0.15) is 193 Å². The number of carbonyl (C=O) groups is 14. The van der Waals surface area contributed by atoms with Crippen LogP contribution in [0.25, 0.3) is 0 Å². The Labute approximate surface area is 557 Å². The van der Waals surface area contributed by atoms with Crippen LogP contribution in [-0.4, -0.2) is 200 Å². The minimum atomic E-state index is -2.20. The topological polar surface area (TPSA) is 482 Å². The number of hydrogen-bond acceptors (Lipinski definition) is 18. The third kappa shape index (κ3) is 32.6. The Hall–Kier alpha value is -7.54. The highest BCUT2D eigenvalue weighted by Crippen LogP contribution is 2.17. The van der Waals surface area contributed by atoms with Crippen molar-refractivity contribution in [1.29, 1.82) is 0 Å². The van der Waals surface area contributed by atoms with Crippen molar-refractivity contribution in [1.82, 2.24) is 58.5 Å². The molecule has 0 saturated carbocycles. The SMILES string of the molecule is CCCCCCC[C@@H](O)CC(=O)N[C@H](CC(C)C)C(=O)N[C@H](CC(=O)O)C(=O)NC1C(=O)NC(CC(C)C)C(=O)N[C@H](CC(C)C)C(=O)NC(CO)C(=O)NC(CC(C)C)C(=O)N[C@H](CO)C(=O)NC(CC(C)C)C(=O)N[C@@H]([C@@H](C)CC)C(=O)NC(CC(=O)O)C(=O)O[C@@H]1C. The van der Waals surface area contributed by atoms with Gasteiger partial charge >= 0.3 is 17.9 Å². The second-order valence-corrected chi connectivity index (χ2v) is 26.9. The van der Waals surface area contributed by atoms with Crippen LogP contribution in [0.15, 0.2) is 0 Å². The molecule has 1 heterocycles. The highest BCUT2D eigenvalue weighted by Gasteiger charge is 2.41. The molecule has 31 heteroatoms. The van der Waals surface area contributed by atoms with E-state index in [1.807, 2.05) is 0 Å². The fourth-order valence-corrected chi connectivity index (χ4v) is 10.3. The lowest BCUT2D eigenvalue weighted by Gasteiger charge is -2.31. The van der Waals surface area contributed by atoms with Gasteiger partial charge in [-0.05, 0) is 81.0 Å². The Balaban J connectivity index is 4.29. The normalized spacial score (nSPS) is 24.2. The van der Waals surface area contributed by atoms with Gasteiger partial charge in [0.1, 0.15) is 72.6 Å². The molecule has 0 radical (unpaired) electrons. The van der Waals surface area contributed by atoms with Gasteiger partial charge in [0.25, 0.3) is 0 Å². The average molecular weight is 1350 g/mol.